The van der Waals surface area contributed by atoms with Crippen LogP contribution in [-0.2, 0) is 0 Å². The molecule has 0 unspecified atom stereocenters. The van der Waals surface area contributed by atoms with E-state index < -0.39 is 0 Å². The zero-order chi connectivity index (χ0) is 12.4. The van der Waals surface area contributed by atoms with Crippen molar-refractivity contribution in [3.63, 3.8) is 0 Å². The van der Waals surface area contributed by atoms with Gasteiger partial charge < -0.3 is 4.74 Å². The molecule has 2 aromatic heterocycles. The zero-order valence-electron chi connectivity index (χ0n) is 9.88. The highest BCUT2D eigenvalue weighted by atomic mass is 35.5. The highest BCUT2D eigenvalue weighted by Crippen LogP contribution is 2.21. The van der Waals surface area contributed by atoms with Crippen molar-refractivity contribution in [3.05, 3.63) is 29.4 Å². The lowest BCUT2D eigenvalue weighted by Crippen LogP contribution is -1.99. The molecule has 0 N–H and O–H groups in total. The number of halogens is 1. The van der Waals surface area contributed by atoms with Gasteiger partial charge in [-0.25, -0.2) is 4.98 Å². The number of ether oxygens (including phenoxy) is 1. The van der Waals surface area contributed by atoms with E-state index in [-0.39, 0.29) is 0 Å². The zero-order valence-corrected chi connectivity index (χ0v) is 10.6. The number of nitrogens with zero attached hydrogens (tertiary/aromatic N) is 4. The molecule has 0 aromatic carbocycles. The Morgan fingerprint density at radius 2 is 2.12 bits per heavy atom. The lowest BCUT2D eigenvalue weighted by molar-refractivity contribution is 0.456. The molecule has 0 aliphatic heterocycles. The molecule has 2 aromatic rings. The number of aryl methyl sites for hydroxylation is 1. The Morgan fingerprint density at radius 3 is 2.71 bits per heavy atom. The van der Waals surface area contributed by atoms with Gasteiger partial charge >= 0.3 is 0 Å². The maximum absolute atomic E-state index is 5.82. The molecule has 0 bridgehead atoms. The van der Waals surface area contributed by atoms with E-state index in [1.165, 1.54) is 0 Å². The van der Waals surface area contributed by atoms with Crippen molar-refractivity contribution < 1.29 is 4.74 Å². The van der Waals surface area contributed by atoms with Gasteiger partial charge in [-0.15, -0.1) is 0 Å². The summed E-state index contributed by atoms with van der Waals surface area (Å²) in [5, 5.41) is 4.54. The third kappa shape index (κ3) is 2.94. The first kappa shape index (κ1) is 11.9. The van der Waals surface area contributed by atoms with E-state index in [9.17, 15) is 0 Å². The highest BCUT2D eigenvalue weighted by Gasteiger charge is 2.06. The van der Waals surface area contributed by atoms with Crippen LogP contribution >= 0.6 is 11.6 Å². The van der Waals surface area contributed by atoms with Gasteiger partial charge in [-0.2, -0.15) is 10.1 Å². The lowest BCUT2D eigenvalue weighted by Gasteiger charge is -2.04. The van der Waals surface area contributed by atoms with Gasteiger partial charge in [0.15, 0.2) is 5.75 Å². The summed E-state index contributed by atoms with van der Waals surface area (Å²) in [5.41, 5.74) is 0. The molecule has 6 heteroatoms. The van der Waals surface area contributed by atoms with Crippen LogP contribution in [0.15, 0.2) is 18.5 Å². The van der Waals surface area contributed by atoms with Gasteiger partial charge in [0.25, 0.3) is 0 Å². The lowest BCUT2D eigenvalue weighted by atomic mass is 10.4. The highest BCUT2D eigenvalue weighted by molar-refractivity contribution is 6.29. The fraction of sp³-hybridized carbons (Fsp3) is 0.364. The minimum Gasteiger partial charge on any atom is -0.436 e. The summed E-state index contributed by atoms with van der Waals surface area (Å²) in [7, 11) is 0. The van der Waals surface area contributed by atoms with Crippen LogP contribution in [0.1, 0.15) is 25.7 Å². The second kappa shape index (κ2) is 4.71. The standard InChI is InChI=1S/C11H13ClN4O/c1-7(2)16-6-9(5-13-16)17-11-4-10(12)14-8(3)15-11/h4-7H,1-3H3. The molecule has 0 saturated carbocycles. The Morgan fingerprint density at radius 1 is 1.35 bits per heavy atom. The van der Waals surface area contributed by atoms with Crippen LogP contribution in [0, 0.1) is 6.92 Å². The van der Waals surface area contributed by atoms with Crippen molar-refractivity contribution in [2.24, 2.45) is 0 Å². The molecule has 0 fully saturated rings. The first-order valence-electron chi connectivity index (χ1n) is 5.28. The Hall–Kier alpha value is -1.62. The van der Waals surface area contributed by atoms with Gasteiger partial charge in [0.2, 0.25) is 5.88 Å². The van der Waals surface area contributed by atoms with Crippen LogP contribution in [0.2, 0.25) is 5.15 Å². The van der Waals surface area contributed by atoms with Crippen molar-refractivity contribution in [2.45, 2.75) is 26.8 Å². The number of aromatic nitrogens is 4. The fourth-order valence-corrected chi connectivity index (χ4v) is 1.55. The molecule has 2 rings (SSSR count). The average Bonchev–Trinajstić information content (AvgIpc) is 2.64. The van der Waals surface area contributed by atoms with Crippen LogP contribution < -0.4 is 4.74 Å². The molecule has 5 nitrogen and oxygen atoms in total. The summed E-state index contributed by atoms with van der Waals surface area (Å²) in [6, 6.07) is 1.87. The SMILES string of the molecule is Cc1nc(Cl)cc(Oc2cnn(C(C)C)c2)n1. The molecule has 0 atom stereocenters. The van der Waals surface area contributed by atoms with E-state index in [4.69, 9.17) is 16.3 Å². The van der Waals surface area contributed by atoms with Crippen LogP contribution in [0.5, 0.6) is 11.6 Å². The first-order chi connectivity index (χ1) is 8.04. The normalized spacial score (nSPS) is 10.9. The second-order valence-electron chi connectivity index (χ2n) is 3.93. The summed E-state index contributed by atoms with van der Waals surface area (Å²) < 4.78 is 7.36. The largest absolute Gasteiger partial charge is 0.436 e. The summed E-state index contributed by atoms with van der Waals surface area (Å²) in [4.78, 5) is 8.09. The topological polar surface area (TPSA) is 52.8 Å². The first-order valence-corrected chi connectivity index (χ1v) is 5.65. The number of hydrogen-bond donors (Lipinski definition) is 0. The van der Waals surface area contributed by atoms with E-state index in [1.54, 1.807) is 19.2 Å². The Kier molecular flexibility index (Phi) is 3.28. The van der Waals surface area contributed by atoms with Gasteiger partial charge in [0.05, 0.1) is 12.4 Å². The van der Waals surface area contributed by atoms with Gasteiger partial charge in [-0.1, -0.05) is 11.6 Å². The predicted octanol–water partition coefficient (Wildman–Crippen LogP) is 3.01. The van der Waals surface area contributed by atoms with Crippen molar-refractivity contribution >= 4 is 11.6 Å². The molecular formula is C11H13ClN4O. The van der Waals surface area contributed by atoms with Crippen molar-refractivity contribution in [3.8, 4) is 11.6 Å². The molecular weight excluding hydrogens is 240 g/mol. The maximum atomic E-state index is 5.82. The van der Waals surface area contributed by atoms with Gasteiger partial charge in [-0.05, 0) is 20.8 Å². The van der Waals surface area contributed by atoms with Crippen LogP contribution in [0.3, 0.4) is 0 Å². The van der Waals surface area contributed by atoms with Crippen molar-refractivity contribution in [1.29, 1.82) is 0 Å². The molecule has 0 radical (unpaired) electrons. The molecule has 90 valence electrons. The Balaban J connectivity index is 2.19. The summed E-state index contributed by atoms with van der Waals surface area (Å²) >= 11 is 5.82. The molecule has 0 amide bonds. The monoisotopic (exact) mass is 252 g/mol. The fourth-order valence-electron chi connectivity index (χ4n) is 1.33. The third-order valence-corrected chi connectivity index (χ3v) is 2.31. The van der Waals surface area contributed by atoms with Crippen LogP contribution in [0.25, 0.3) is 0 Å². The maximum Gasteiger partial charge on any atom is 0.224 e. The van der Waals surface area contributed by atoms with Gasteiger partial charge in [0, 0.05) is 12.1 Å². The number of hydrogen-bond acceptors (Lipinski definition) is 4. The molecule has 0 aliphatic carbocycles. The third-order valence-electron chi connectivity index (χ3n) is 2.11. The average molecular weight is 253 g/mol. The molecule has 0 spiro atoms. The molecule has 0 aliphatic rings. The van der Waals surface area contributed by atoms with E-state index in [0.717, 1.165) is 0 Å². The summed E-state index contributed by atoms with van der Waals surface area (Å²) in [5.74, 6) is 1.63. The summed E-state index contributed by atoms with van der Waals surface area (Å²) in [6.45, 7) is 5.85. The van der Waals surface area contributed by atoms with E-state index in [0.29, 0.717) is 28.6 Å². The van der Waals surface area contributed by atoms with Gasteiger partial charge in [0.1, 0.15) is 11.0 Å². The predicted molar refractivity (Wildman–Crippen MR) is 64.5 cm³/mol. The van der Waals surface area contributed by atoms with Gasteiger partial charge in [-0.3, -0.25) is 4.68 Å². The van der Waals surface area contributed by atoms with Crippen molar-refractivity contribution in [2.75, 3.05) is 0 Å². The molecule has 17 heavy (non-hydrogen) atoms. The quantitative estimate of drug-likeness (QED) is 0.788. The van der Waals surface area contributed by atoms with Crippen LogP contribution in [-0.4, -0.2) is 19.7 Å². The van der Waals surface area contributed by atoms with Crippen LogP contribution in [0.4, 0.5) is 0 Å². The van der Waals surface area contributed by atoms with E-state index in [1.807, 2.05) is 24.7 Å². The molecule has 2 heterocycles. The van der Waals surface area contributed by atoms with E-state index in [2.05, 4.69) is 15.1 Å². The minimum atomic E-state index is 0.295. The minimum absolute atomic E-state index is 0.295. The van der Waals surface area contributed by atoms with Crippen molar-refractivity contribution in [1.82, 2.24) is 19.7 Å². The Labute approximate surface area is 104 Å². The smallest absolute Gasteiger partial charge is 0.224 e. The summed E-state index contributed by atoms with van der Waals surface area (Å²) in [6.07, 6.45) is 3.46. The van der Waals surface area contributed by atoms with E-state index >= 15 is 0 Å². The molecule has 0 saturated heterocycles. The second-order valence-corrected chi connectivity index (χ2v) is 4.32. The number of rotatable bonds is 3. The Bertz CT molecular complexity index is 504.